The first-order valence-corrected chi connectivity index (χ1v) is 11.2. The molecule has 1 fully saturated rings. The summed E-state index contributed by atoms with van der Waals surface area (Å²) in [4.78, 5) is 14.5. The van der Waals surface area contributed by atoms with Crippen LogP contribution in [0, 0.1) is 5.82 Å². The largest absolute Gasteiger partial charge is 0.468 e. The van der Waals surface area contributed by atoms with Gasteiger partial charge in [-0.1, -0.05) is 6.42 Å². The van der Waals surface area contributed by atoms with Gasteiger partial charge in [0.25, 0.3) is 0 Å². The number of hydrogen-bond acceptors (Lipinski definition) is 5. The zero-order valence-corrected chi connectivity index (χ0v) is 17.0. The Hall–Kier alpha value is -2.23. The van der Waals surface area contributed by atoms with Gasteiger partial charge >= 0.3 is 0 Å². The van der Waals surface area contributed by atoms with E-state index in [1.807, 2.05) is 12.1 Å². The quantitative estimate of drug-likeness (QED) is 0.646. The first kappa shape index (κ1) is 21.5. The Morgan fingerprint density at radius 1 is 1.14 bits per heavy atom. The molecule has 9 heteroatoms. The van der Waals surface area contributed by atoms with Crippen LogP contribution in [0.15, 0.2) is 52.0 Å². The summed E-state index contributed by atoms with van der Waals surface area (Å²) in [6.45, 7) is 2.27. The SMILES string of the molecule is O=C(CCNS(=O)(=O)c1ccc(F)cc1)NCC(c1ccco1)N1CCCCC1. The number of carbonyl (C=O) groups is 1. The highest BCUT2D eigenvalue weighted by Gasteiger charge is 2.25. The molecule has 1 unspecified atom stereocenters. The molecule has 0 saturated carbocycles. The fourth-order valence-corrected chi connectivity index (χ4v) is 4.45. The van der Waals surface area contributed by atoms with Crippen molar-refractivity contribution < 1.29 is 22.0 Å². The van der Waals surface area contributed by atoms with Gasteiger partial charge in [-0.05, 0) is 62.3 Å². The number of nitrogens with zero attached hydrogens (tertiary/aromatic N) is 1. The summed E-state index contributed by atoms with van der Waals surface area (Å²) in [6, 6.07) is 8.23. The molecule has 0 spiro atoms. The predicted octanol–water partition coefficient (Wildman–Crippen LogP) is 2.43. The van der Waals surface area contributed by atoms with Crippen molar-refractivity contribution in [1.29, 1.82) is 0 Å². The van der Waals surface area contributed by atoms with Crippen LogP contribution in [-0.2, 0) is 14.8 Å². The van der Waals surface area contributed by atoms with E-state index < -0.39 is 15.8 Å². The second-order valence-corrected chi connectivity index (χ2v) is 8.80. The highest BCUT2D eigenvalue weighted by Crippen LogP contribution is 2.24. The summed E-state index contributed by atoms with van der Waals surface area (Å²) >= 11 is 0. The molecule has 0 radical (unpaired) electrons. The molecule has 29 heavy (non-hydrogen) atoms. The highest BCUT2D eigenvalue weighted by molar-refractivity contribution is 7.89. The van der Waals surface area contributed by atoms with Crippen molar-refractivity contribution in [2.24, 2.45) is 0 Å². The molecule has 1 atom stereocenters. The number of rotatable bonds is 9. The summed E-state index contributed by atoms with van der Waals surface area (Å²) in [5.41, 5.74) is 0. The third-order valence-corrected chi connectivity index (χ3v) is 6.44. The van der Waals surface area contributed by atoms with E-state index in [1.165, 1.54) is 18.6 Å². The molecule has 1 aliphatic rings. The minimum Gasteiger partial charge on any atom is -0.468 e. The van der Waals surface area contributed by atoms with Gasteiger partial charge in [0.2, 0.25) is 15.9 Å². The summed E-state index contributed by atoms with van der Waals surface area (Å²) in [6.07, 6.45) is 5.08. The lowest BCUT2D eigenvalue weighted by atomic mass is 10.1. The average Bonchev–Trinajstić information content (AvgIpc) is 3.24. The van der Waals surface area contributed by atoms with Crippen LogP contribution in [0.4, 0.5) is 4.39 Å². The van der Waals surface area contributed by atoms with Crippen LogP contribution in [-0.4, -0.2) is 45.4 Å². The van der Waals surface area contributed by atoms with Gasteiger partial charge in [0.1, 0.15) is 11.6 Å². The van der Waals surface area contributed by atoms with Crippen molar-refractivity contribution in [2.45, 2.75) is 36.6 Å². The van der Waals surface area contributed by atoms with E-state index in [1.54, 1.807) is 6.26 Å². The maximum atomic E-state index is 12.9. The van der Waals surface area contributed by atoms with Crippen LogP contribution in [0.1, 0.15) is 37.5 Å². The summed E-state index contributed by atoms with van der Waals surface area (Å²) in [5, 5.41) is 2.88. The van der Waals surface area contributed by atoms with Gasteiger partial charge in [-0.15, -0.1) is 0 Å². The van der Waals surface area contributed by atoms with Crippen LogP contribution < -0.4 is 10.0 Å². The number of furan rings is 1. The Kier molecular flexibility index (Phi) is 7.40. The molecule has 158 valence electrons. The molecule has 1 aromatic carbocycles. The Labute approximate surface area is 170 Å². The number of sulfonamides is 1. The minimum atomic E-state index is -3.78. The zero-order chi connectivity index (χ0) is 20.7. The van der Waals surface area contributed by atoms with Gasteiger partial charge in [-0.25, -0.2) is 17.5 Å². The van der Waals surface area contributed by atoms with E-state index in [-0.39, 0.29) is 29.8 Å². The fourth-order valence-electron chi connectivity index (χ4n) is 3.42. The van der Waals surface area contributed by atoms with Crippen LogP contribution in [0.25, 0.3) is 0 Å². The van der Waals surface area contributed by atoms with Crippen molar-refractivity contribution >= 4 is 15.9 Å². The Balaban J connectivity index is 1.48. The van der Waals surface area contributed by atoms with Gasteiger partial charge < -0.3 is 9.73 Å². The molecule has 3 rings (SSSR count). The maximum absolute atomic E-state index is 12.9. The summed E-state index contributed by atoms with van der Waals surface area (Å²) < 4.78 is 45.2. The number of halogens is 1. The van der Waals surface area contributed by atoms with Crippen LogP contribution in [0.5, 0.6) is 0 Å². The van der Waals surface area contributed by atoms with E-state index in [9.17, 15) is 17.6 Å². The van der Waals surface area contributed by atoms with Crippen LogP contribution in [0.2, 0.25) is 0 Å². The minimum absolute atomic E-state index is 0.00526. The lowest BCUT2D eigenvalue weighted by molar-refractivity contribution is -0.121. The number of likely N-dealkylation sites (tertiary alicyclic amines) is 1. The van der Waals surface area contributed by atoms with Crippen molar-refractivity contribution in [3.8, 4) is 0 Å². The topological polar surface area (TPSA) is 91.6 Å². The lowest BCUT2D eigenvalue weighted by Gasteiger charge is -2.33. The van der Waals surface area contributed by atoms with E-state index >= 15 is 0 Å². The fraction of sp³-hybridized carbons (Fsp3) is 0.450. The number of carbonyl (C=O) groups excluding carboxylic acids is 1. The molecule has 2 aromatic rings. The average molecular weight is 424 g/mol. The van der Waals surface area contributed by atoms with Gasteiger partial charge in [0, 0.05) is 19.5 Å². The third-order valence-electron chi connectivity index (χ3n) is 4.96. The normalized spacial score (nSPS) is 16.4. The standard InChI is InChI=1S/C20H26FN3O4S/c21-16-6-8-17(9-7-16)29(26,27)23-11-10-20(25)22-15-18(19-5-4-14-28-19)24-12-2-1-3-13-24/h4-9,14,18,23H,1-3,10-13,15H2,(H,22,25). The molecule has 1 aromatic heterocycles. The number of amides is 1. The number of piperidine rings is 1. The van der Waals surface area contributed by atoms with E-state index in [0.717, 1.165) is 43.8 Å². The maximum Gasteiger partial charge on any atom is 0.240 e. The van der Waals surface area contributed by atoms with Crippen molar-refractivity contribution in [3.05, 3.63) is 54.2 Å². The van der Waals surface area contributed by atoms with Crippen molar-refractivity contribution in [1.82, 2.24) is 14.9 Å². The molecule has 1 aliphatic heterocycles. The molecular weight excluding hydrogens is 397 g/mol. The van der Waals surface area contributed by atoms with Gasteiger partial charge in [-0.2, -0.15) is 0 Å². The molecule has 7 nitrogen and oxygen atoms in total. The van der Waals surface area contributed by atoms with Crippen LogP contribution in [0.3, 0.4) is 0 Å². The number of hydrogen-bond donors (Lipinski definition) is 2. The molecule has 0 bridgehead atoms. The van der Waals surface area contributed by atoms with E-state index in [2.05, 4.69) is 14.9 Å². The summed E-state index contributed by atoms with van der Waals surface area (Å²) in [5.74, 6) is 0.0488. The second-order valence-electron chi connectivity index (χ2n) is 7.03. The third kappa shape index (κ3) is 6.12. The van der Waals surface area contributed by atoms with Gasteiger partial charge in [0.05, 0.1) is 17.2 Å². The Morgan fingerprint density at radius 2 is 1.86 bits per heavy atom. The van der Waals surface area contributed by atoms with Crippen molar-refractivity contribution in [2.75, 3.05) is 26.2 Å². The Bertz CT molecular complexity index is 879. The second kappa shape index (κ2) is 10.00. The monoisotopic (exact) mass is 423 g/mol. The number of nitrogens with one attached hydrogen (secondary N) is 2. The molecule has 1 saturated heterocycles. The molecular formula is C20H26FN3O4S. The molecule has 0 aliphatic carbocycles. The molecule has 2 heterocycles. The number of benzene rings is 1. The zero-order valence-electron chi connectivity index (χ0n) is 16.1. The highest BCUT2D eigenvalue weighted by atomic mass is 32.2. The van der Waals surface area contributed by atoms with Crippen molar-refractivity contribution in [3.63, 3.8) is 0 Å². The first-order chi connectivity index (χ1) is 14.0. The predicted molar refractivity (Wildman–Crippen MR) is 106 cm³/mol. The smallest absolute Gasteiger partial charge is 0.240 e. The van der Waals surface area contributed by atoms with E-state index in [0.29, 0.717) is 6.54 Å². The Morgan fingerprint density at radius 3 is 2.52 bits per heavy atom. The summed E-state index contributed by atoms with van der Waals surface area (Å²) in [7, 11) is -3.78. The first-order valence-electron chi connectivity index (χ1n) is 9.75. The van der Waals surface area contributed by atoms with Gasteiger partial charge in [0.15, 0.2) is 0 Å². The van der Waals surface area contributed by atoms with Crippen LogP contribution >= 0.6 is 0 Å². The molecule has 2 N–H and O–H groups in total. The van der Waals surface area contributed by atoms with Gasteiger partial charge in [-0.3, -0.25) is 9.69 Å². The lowest BCUT2D eigenvalue weighted by Crippen LogP contribution is -2.41. The molecule has 1 amide bonds. The van der Waals surface area contributed by atoms with E-state index in [4.69, 9.17) is 4.42 Å².